The Morgan fingerprint density at radius 1 is 0.633 bits per heavy atom. The van der Waals surface area contributed by atoms with Gasteiger partial charge in [0.15, 0.2) is 0 Å². The smallest absolute Gasteiger partial charge is 0.113 e. The summed E-state index contributed by atoms with van der Waals surface area (Å²) in [5.41, 5.74) is 5.06. The molecule has 0 N–H and O–H groups in total. The molecule has 0 spiro atoms. The van der Waals surface area contributed by atoms with Gasteiger partial charge in [0.05, 0.1) is 11.2 Å². The zero-order valence-electron chi connectivity index (χ0n) is 16.0. The molecule has 0 aliphatic carbocycles. The van der Waals surface area contributed by atoms with Gasteiger partial charge < -0.3 is 0 Å². The molecule has 142 valence electrons. The van der Waals surface area contributed by atoms with Gasteiger partial charge in [-0.15, -0.1) is 17.7 Å². The van der Waals surface area contributed by atoms with Crippen molar-refractivity contribution in [2.45, 2.75) is 4.90 Å². The van der Waals surface area contributed by atoms with Crippen LogP contribution in [0.2, 0.25) is 0 Å². The highest BCUT2D eigenvalue weighted by Gasteiger charge is 2.10. The molecule has 0 aliphatic heterocycles. The van der Waals surface area contributed by atoms with E-state index in [2.05, 4.69) is 89.7 Å². The van der Waals surface area contributed by atoms with Crippen LogP contribution < -0.4 is 0 Å². The number of fused-ring (bicyclic) bond motifs is 4. The van der Waals surface area contributed by atoms with E-state index in [0.717, 1.165) is 32.7 Å². The Labute approximate surface area is 179 Å². The van der Waals surface area contributed by atoms with Crippen LogP contribution in [0.3, 0.4) is 0 Å². The number of thiol groups is 1. The van der Waals surface area contributed by atoms with Gasteiger partial charge >= 0.3 is 0 Å². The van der Waals surface area contributed by atoms with Crippen molar-refractivity contribution >= 4 is 45.2 Å². The maximum atomic E-state index is 4.66. The third kappa shape index (κ3) is 2.77. The summed E-state index contributed by atoms with van der Waals surface area (Å²) in [5, 5.41) is 13.7. The van der Waals surface area contributed by atoms with E-state index < -0.39 is 0 Å². The fraction of sp³-hybridized carbons (Fsp3) is 0. The lowest BCUT2D eigenvalue weighted by Gasteiger charge is -2.10. The highest BCUT2D eigenvalue weighted by molar-refractivity contribution is 7.80. The molecule has 0 bridgehead atoms. The lowest BCUT2D eigenvalue weighted by molar-refractivity contribution is 0.822. The number of benzene rings is 5. The predicted octanol–water partition coefficient (Wildman–Crippen LogP) is 6.68. The predicted molar refractivity (Wildman–Crippen MR) is 127 cm³/mol. The van der Waals surface area contributed by atoms with Crippen LogP contribution in [0.25, 0.3) is 49.4 Å². The third-order valence-corrected chi connectivity index (χ3v) is 5.84. The van der Waals surface area contributed by atoms with Gasteiger partial charge in [0.1, 0.15) is 5.52 Å². The number of rotatable bonds is 2. The lowest BCUT2D eigenvalue weighted by atomic mass is 9.97. The molecule has 6 rings (SSSR count). The maximum Gasteiger partial charge on any atom is 0.113 e. The molecular formula is C26H17N3S. The van der Waals surface area contributed by atoms with E-state index in [9.17, 15) is 0 Å². The normalized spacial score (nSPS) is 11.5. The molecule has 30 heavy (non-hydrogen) atoms. The van der Waals surface area contributed by atoms with Crippen LogP contribution in [-0.4, -0.2) is 15.0 Å². The summed E-state index contributed by atoms with van der Waals surface area (Å²) in [5.74, 6) is 0. The van der Waals surface area contributed by atoms with Crippen molar-refractivity contribution in [3.8, 4) is 16.8 Å². The molecule has 0 fully saturated rings. The summed E-state index contributed by atoms with van der Waals surface area (Å²) in [7, 11) is 0. The highest BCUT2D eigenvalue weighted by Crippen LogP contribution is 2.32. The largest absolute Gasteiger partial charge is 0.213 e. The van der Waals surface area contributed by atoms with Gasteiger partial charge in [0.2, 0.25) is 0 Å². The van der Waals surface area contributed by atoms with Crippen LogP contribution in [0.5, 0.6) is 0 Å². The topological polar surface area (TPSA) is 30.7 Å². The van der Waals surface area contributed by atoms with Gasteiger partial charge in [-0.2, -0.15) is 0 Å². The van der Waals surface area contributed by atoms with Crippen LogP contribution in [0.1, 0.15) is 0 Å². The van der Waals surface area contributed by atoms with E-state index in [0.29, 0.717) is 0 Å². The first-order chi connectivity index (χ1) is 14.8. The average Bonchev–Trinajstić information content (AvgIpc) is 3.22. The first-order valence-electron chi connectivity index (χ1n) is 9.83. The second-order valence-corrected chi connectivity index (χ2v) is 7.97. The molecule has 0 radical (unpaired) electrons. The zero-order chi connectivity index (χ0) is 20.1. The van der Waals surface area contributed by atoms with Crippen LogP contribution in [0, 0.1) is 0 Å². The minimum absolute atomic E-state index is 0.876. The van der Waals surface area contributed by atoms with Gasteiger partial charge in [0.25, 0.3) is 0 Å². The quantitative estimate of drug-likeness (QED) is 0.258. The summed E-state index contributed by atoms with van der Waals surface area (Å²) < 4.78 is 1.87. The minimum Gasteiger partial charge on any atom is -0.213 e. The molecule has 1 heterocycles. The van der Waals surface area contributed by atoms with Crippen molar-refractivity contribution < 1.29 is 0 Å². The molecule has 6 aromatic rings. The number of aromatic nitrogens is 3. The van der Waals surface area contributed by atoms with Crippen molar-refractivity contribution in [3.05, 3.63) is 97.1 Å². The zero-order valence-corrected chi connectivity index (χ0v) is 16.9. The van der Waals surface area contributed by atoms with Crippen molar-refractivity contribution in [3.63, 3.8) is 0 Å². The van der Waals surface area contributed by atoms with Gasteiger partial charge in [-0.1, -0.05) is 65.9 Å². The van der Waals surface area contributed by atoms with E-state index in [1.165, 1.54) is 21.5 Å². The minimum atomic E-state index is 0.876. The van der Waals surface area contributed by atoms with E-state index in [1.807, 2.05) is 35.0 Å². The first-order valence-corrected chi connectivity index (χ1v) is 10.3. The van der Waals surface area contributed by atoms with Gasteiger partial charge in [-0.05, 0) is 69.1 Å². The Bertz CT molecular complexity index is 1570. The van der Waals surface area contributed by atoms with Gasteiger partial charge in [-0.3, -0.25) is 0 Å². The summed E-state index contributed by atoms with van der Waals surface area (Å²) in [6.45, 7) is 0. The molecule has 4 heteroatoms. The fourth-order valence-corrected chi connectivity index (χ4v) is 4.41. The van der Waals surface area contributed by atoms with Crippen LogP contribution in [-0.2, 0) is 0 Å². The Kier molecular flexibility index (Phi) is 3.86. The second-order valence-electron chi connectivity index (χ2n) is 7.45. The molecule has 1 aromatic heterocycles. The van der Waals surface area contributed by atoms with E-state index in [4.69, 9.17) is 0 Å². The number of hydrogen-bond donors (Lipinski definition) is 1. The highest BCUT2D eigenvalue weighted by atomic mass is 32.1. The molecule has 0 amide bonds. The first kappa shape index (κ1) is 17.2. The van der Waals surface area contributed by atoms with E-state index in [1.54, 1.807) is 0 Å². The molecule has 3 nitrogen and oxygen atoms in total. The maximum absolute atomic E-state index is 4.66. The monoisotopic (exact) mass is 403 g/mol. The molecular weight excluding hydrogens is 386 g/mol. The molecule has 0 saturated heterocycles. The van der Waals surface area contributed by atoms with Crippen molar-refractivity contribution in [1.29, 1.82) is 0 Å². The Morgan fingerprint density at radius 2 is 1.43 bits per heavy atom. The van der Waals surface area contributed by atoms with E-state index >= 15 is 0 Å². The van der Waals surface area contributed by atoms with Crippen molar-refractivity contribution in [2.75, 3.05) is 0 Å². The number of para-hydroxylation sites is 1. The number of nitrogens with zero attached hydrogens (tertiary/aromatic N) is 3. The van der Waals surface area contributed by atoms with E-state index in [-0.39, 0.29) is 0 Å². The Morgan fingerprint density at radius 3 is 2.40 bits per heavy atom. The standard InChI is InChI=1S/C26H17N3S/c30-22-15-20(14-21(16-22)29-26-8-4-3-7-25(26)27-28-29)18-11-12-24-19(13-18)10-9-17-5-1-2-6-23(17)24/h1-16,30H. The molecule has 5 aromatic carbocycles. The summed E-state index contributed by atoms with van der Waals surface area (Å²) in [6, 6.07) is 33.7. The second kappa shape index (κ2) is 6.71. The summed E-state index contributed by atoms with van der Waals surface area (Å²) >= 11 is 4.66. The fourth-order valence-electron chi connectivity index (χ4n) is 4.14. The summed E-state index contributed by atoms with van der Waals surface area (Å²) in [6.07, 6.45) is 0. The van der Waals surface area contributed by atoms with Crippen LogP contribution in [0.4, 0.5) is 0 Å². The molecule has 0 aliphatic rings. The van der Waals surface area contributed by atoms with Crippen molar-refractivity contribution in [1.82, 2.24) is 15.0 Å². The van der Waals surface area contributed by atoms with Gasteiger partial charge in [-0.25, -0.2) is 4.68 Å². The molecule has 0 unspecified atom stereocenters. The molecule has 0 saturated carbocycles. The average molecular weight is 404 g/mol. The summed E-state index contributed by atoms with van der Waals surface area (Å²) in [4.78, 5) is 0.890. The van der Waals surface area contributed by atoms with Crippen molar-refractivity contribution in [2.24, 2.45) is 0 Å². The SMILES string of the molecule is Sc1cc(-c2ccc3c(ccc4ccccc43)c2)cc(-n2nnc3ccccc32)c1. The molecule has 0 atom stereocenters. The third-order valence-electron chi connectivity index (χ3n) is 5.58. The van der Waals surface area contributed by atoms with Crippen LogP contribution >= 0.6 is 12.6 Å². The Balaban J connectivity index is 1.52. The van der Waals surface area contributed by atoms with Crippen LogP contribution in [0.15, 0.2) is 102 Å². The number of hydrogen-bond acceptors (Lipinski definition) is 3. The Hall–Kier alpha value is -3.63. The lowest BCUT2D eigenvalue weighted by Crippen LogP contribution is -1.97. The van der Waals surface area contributed by atoms with Gasteiger partial charge in [0, 0.05) is 4.90 Å².